The molecule has 0 aliphatic carbocycles. The Bertz CT molecular complexity index is 405. The van der Waals surface area contributed by atoms with E-state index in [0.717, 1.165) is 61.8 Å². The topological polar surface area (TPSA) is 49.9 Å². The Morgan fingerprint density at radius 1 is 1.40 bits per heavy atom. The molecule has 2 heterocycles. The molecule has 1 aromatic heterocycles. The highest BCUT2D eigenvalue weighted by Crippen LogP contribution is 2.29. The van der Waals surface area contributed by atoms with Crippen LogP contribution in [0.5, 0.6) is 5.88 Å². The van der Waals surface area contributed by atoms with Crippen LogP contribution in [0.2, 0.25) is 0 Å². The summed E-state index contributed by atoms with van der Waals surface area (Å²) in [7, 11) is 5.66. The third-order valence-electron chi connectivity index (χ3n) is 3.22. The molecule has 1 aromatic rings. The van der Waals surface area contributed by atoms with Crippen LogP contribution in [-0.4, -0.2) is 70.5 Å². The number of thiazole rings is 1. The van der Waals surface area contributed by atoms with Crippen LogP contribution in [0.25, 0.3) is 0 Å². The maximum Gasteiger partial charge on any atom is 0.230 e. The number of nitrogens with one attached hydrogen (secondary N) is 1. The largest absolute Gasteiger partial charge is 0.480 e. The van der Waals surface area contributed by atoms with Gasteiger partial charge >= 0.3 is 0 Å². The lowest BCUT2D eigenvalue weighted by molar-refractivity contribution is 0.0384. The zero-order chi connectivity index (χ0) is 14.4. The molecule has 1 aliphatic rings. The van der Waals surface area contributed by atoms with Gasteiger partial charge in [-0.05, 0) is 0 Å². The van der Waals surface area contributed by atoms with Crippen molar-refractivity contribution < 1.29 is 9.47 Å². The van der Waals surface area contributed by atoms with Crippen LogP contribution >= 0.6 is 11.3 Å². The van der Waals surface area contributed by atoms with Crippen LogP contribution in [0.1, 0.15) is 4.88 Å². The first-order chi connectivity index (χ1) is 9.70. The molecule has 7 heteroatoms. The van der Waals surface area contributed by atoms with Gasteiger partial charge in [0.2, 0.25) is 5.88 Å². The van der Waals surface area contributed by atoms with Crippen LogP contribution < -0.4 is 15.0 Å². The van der Waals surface area contributed by atoms with Crippen molar-refractivity contribution in [2.24, 2.45) is 0 Å². The zero-order valence-electron chi connectivity index (χ0n) is 12.5. The van der Waals surface area contributed by atoms with Gasteiger partial charge in [0.1, 0.15) is 0 Å². The summed E-state index contributed by atoms with van der Waals surface area (Å²) < 4.78 is 10.7. The monoisotopic (exact) mass is 300 g/mol. The molecule has 0 radical (unpaired) electrons. The number of ether oxygens (including phenoxy) is 2. The standard InChI is InChI=1S/C13H24N4O2S/c1-16(2)13-15-12(18-3)11(20-13)10-14-4-5-17-6-8-19-9-7-17/h14H,4-10H2,1-3H3. The first kappa shape index (κ1) is 15.5. The highest BCUT2D eigenvalue weighted by Gasteiger charge is 2.13. The molecule has 0 saturated carbocycles. The van der Waals surface area contributed by atoms with E-state index in [9.17, 15) is 0 Å². The van der Waals surface area contributed by atoms with Crippen molar-refractivity contribution in [1.29, 1.82) is 0 Å². The van der Waals surface area contributed by atoms with Crippen molar-refractivity contribution in [3.8, 4) is 5.88 Å². The van der Waals surface area contributed by atoms with Gasteiger partial charge in [-0.2, -0.15) is 4.98 Å². The quantitative estimate of drug-likeness (QED) is 0.746. The lowest BCUT2D eigenvalue weighted by Crippen LogP contribution is -2.40. The molecule has 0 aromatic carbocycles. The average molecular weight is 300 g/mol. The fourth-order valence-corrected chi connectivity index (χ4v) is 2.97. The number of morpholine rings is 1. The van der Waals surface area contributed by atoms with Gasteiger partial charge in [0.25, 0.3) is 0 Å². The van der Waals surface area contributed by atoms with E-state index in [0.29, 0.717) is 0 Å². The Morgan fingerprint density at radius 3 is 2.80 bits per heavy atom. The Balaban J connectivity index is 1.75. The van der Waals surface area contributed by atoms with Crippen molar-refractivity contribution in [2.45, 2.75) is 6.54 Å². The summed E-state index contributed by atoms with van der Waals surface area (Å²) in [4.78, 5) is 10.0. The second kappa shape index (κ2) is 7.78. The van der Waals surface area contributed by atoms with Gasteiger partial charge in [0, 0.05) is 46.8 Å². The van der Waals surface area contributed by atoms with E-state index in [1.165, 1.54) is 0 Å². The minimum Gasteiger partial charge on any atom is -0.480 e. The third-order valence-corrected chi connectivity index (χ3v) is 4.42. The maximum absolute atomic E-state index is 5.34. The van der Waals surface area contributed by atoms with Crippen molar-refractivity contribution >= 4 is 16.5 Å². The molecule has 2 rings (SSSR count). The first-order valence-electron chi connectivity index (χ1n) is 6.92. The molecule has 1 fully saturated rings. The highest BCUT2D eigenvalue weighted by atomic mass is 32.1. The van der Waals surface area contributed by atoms with Crippen molar-refractivity contribution in [3.05, 3.63) is 4.88 Å². The lowest BCUT2D eigenvalue weighted by atomic mass is 10.4. The maximum atomic E-state index is 5.34. The minimum atomic E-state index is 0.734. The van der Waals surface area contributed by atoms with Gasteiger partial charge in [0.05, 0.1) is 25.2 Å². The lowest BCUT2D eigenvalue weighted by Gasteiger charge is -2.26. The first-order valence-corrected chi connectivity index (χ1v) is 7.74. The van der Waals surface area contributed by atoms with Crippen LogP contribution in [0.3, 0.4) is 0 Å². The predicted molar refractivity (Wildman–Crippen MR) is 82.0 cm³/mol. The van der Waals surface area contributed by atoms with Gasteiger partial charge in [0.15, 0.2) is 5.13 Å². The molecule has 114 valence electrons. The fourth-order valence-electron chi connectivity index (χ4n) is 2.05. The Hall–Kier alpha value is -0.890. The van der Waals surface area contributed by atoms with Crippen molar-refractivity contribution in [1.82, 2.24) is 15.2 Å². The summed E-state index contributed by atoms with van der Waals surface area (Å²) >= 11 is 1.67. The molecule has 0 unspecified atom stereocenters. The van der Waals surface area contributed by atoms with E-state index in [2.05, 4.69) is 15.2 Å². The molecular formula is C13H24N4O2S. The molecular weight excluding hydrogens is 276 g/mol. The summed E-state index contributed by atoms with van der Waals surface area (Å²) in [6, 6.07) is 0. The van der Waals surface area contributed by atoms with Crippen molar-refractivity contribution in [2.75, 3.05) is 65.5 Å². The van der Waals surface area contributed by atoms with Gasteiger partial charge in [-0.25, -0.2) is 0 Å². The number of methoxy groups -OCH3 is 1. The van der Waals surface area contributed by atoms with Crippen LogP contribution in [0.15, 0.2) is 0 Å². The van der Waals surface area contributed by atoms with Gasteiger partial charge in [-0.1, -0.05) is 11.3 Å². The molecule has 0 spiro atoms. The van der Waals surface area contributed by atoms with Crippen molar-refractivity contribution in [3.63, 3.8) is 0 Å². The number of aromatic nitrogens is 1. The van der Waals surface area contributed by atoms with Gasteiger partial charge in [-0.15, -0.1) is 0 Å². The molecule has 20 heavy (non-hydrogen) atoms. The molecule has 0 amide bonds. The zero-order valence-corrected chi connectivity index (χ0v) is 13.3. The number of rotatable bonds is 7. The second-order valence-corrected chi connectivity index (χ2v) is 6.02. The SMILES string of the molecule is COc1nc(N(C)C)sc1CNCCN1CCOCC1. The summed E-state index contributed by atoms with van der Waals surface area (Å²) in [5.74, 6) is 0.734. The third kappa shape index (κ3) is 4.31. The highest BCUT2D eigenvalue weighted by molar-refractivity contribution is 7.15. The van der Waals surface area contributed by atoms with E-state index in [4.69, 9.17) is 9.47 Å². The minimum absolute atomic E-state index is 0.734. The molecule has 1 aliphatic heterocycles. The molecule has 1 saturated heterocycles. The Kier molecular flexibility index (Phi) is 6.03. The molecule has 0 atom stereocenters. The van der Waals surface area contributed by atoms with Crippen LogP contribution in [0, 0.1) is 0 Å². The number of nitrogens with zero attached hydrogens (tertiary/aromatic N) is 3. The Labute approximate surface area is 124 Å². The van der Waals surface area contributed by atoms with Crippen LogP contribution in [0.4, 0.5) is 5.13 Å². The Morgan fingerprint density at radius 2 is 2.15 bits per heavy atom. The normalized spacial score (nSPS) is 16.4. The number of hydrogen-bond donors (Lipinski definition) is 1. The summed E-state index contributed by atoms with van der Waals surface area (Å²) in [6.07, 6.45) is 0. The number of anilines is 1. The summed E-state index contributed by atoms with van der Waals surface area (Å²) in [6.45, 7) is 6.62. The fraction of sp³-hybridized carbons (Fsp3) is 0.769. The van der Waals surface area contributed by atoms with Crippen LogP contribution in [-0.2, 0) is 11.3 Å². The molecule has 1 N–H and O–H groups in total. The summed E-state index contributed by atoms with van der Waals surface area (Å²) in [5, 5.41) is 4.44. The molecule has 0 bridgehead atoms. The average Bonchev–Trinajstić information content (AvgIpc) is 2.88. The van der Waals surface area contributed by atoms with E-state index < -0.39 is 0 Å². The summed E-state index contributed by atoms with van der Waals surface area (Å²) in [5.41, 5.74) is 0. The second-order valence-electron chi connectivity index (χ2n) is 4.95. The predicted octanol–water partition coefficient (Wildman–Crippen LogP) is 0.640. The van der Waals surface area contributed by atoms with Gasteiger partial charge in [-0.3, -0.25) is 4.90 Å². The number of hydrogen-bond acceptors (Lipinski definition) is 7. The smallest absolute Gasteiger partial charge is 0.230 e. The molecule has 6 nitrogen and oxygen atoms in total. The van der Waals surface area contributed by atoms with E-state index in [1.54, 1.807) is 18.4 Å². The van der Waals surface area contributed by atoms with Gasteiger partial charge < -0.3 is 19.7 Å². The van der Waals surface area contributed by atoms with E-state index in [-0.39, 0.29) is 0 Å². The van der Waals surface area contributed by atoms with E-state index >= 15 is 0 Å². The van der Waals surface area contributed by atoms with E-state index in [1.807, 2.05) is 19.0 Å².